The van der Waals surface area contributed by atoms with E-state index in [1.807, 2.05) is 6.07 Å². The fourth-order valence-corrected chi connectivity index (χ4v) is 4.79. The molecule has 0 aromatic heterocycles. The minimum absolute atomic E-state index is 0.0344. The highest BCUT2D eigenvalue weighted by molar-refractivity contribution is 5.77. The van der Waals surface area contributed by atoms with Crippen LogP contribution in [0.3, 0.4) is 0 Å². The van der Waals surface area contributed by atoms with Crippen molar-refractivity contribution < 1.29 is 9.59 Å². The number of rotatable bonds is 7. The summed E-state index contributed by atoms with van der Waals surface area (Å²) in [6.07, 6.45) is 5.38. The van der Waals surface area contributed by atoms with Gasteiger partial charge in [-0.3, -0.25) is 14.5 Å². The Bertz CT molecular complexity index is 698. The third kappa shape index (κ3) is 5.30. The number of benzene rings is 1. The second-order valence-electron chi connectivity index (χ2n) is 8.87. The van der Waals surface area contributed by atoms with Crippen molar-refractivity contribution in [1.29, 1.82) is 0 Å². The number of carbonyl (C=O) groups excluding carboxylic acids is 2. The number of nitrogens with one attached hydrogen (secondary N) is 1. The summed E-state index contributed by atoms with van der Waals surface area (Å²) in [6, 6.07) is 11.2. The molecule has 3 fully saturated rings. The van der Waals surface area contributed by atoms with Gasteiger partial charge in [0.05, 0.1) is 0 Å². The highest BCUT2D eigenvalue weighted by Gasteiger charge is 2.38. The van der Waals surface area contributed by atoms with E-state index in [2.05, 4.69) is 44.3 Å². The van der Waals surface area contributed by atoms with Gasteiger partial charge in [-0.2, -0.15) is 0 Å². The lowest BCUT2D eigenvalue weighted by Gasteiger charge is -2.37. The van der Waals surface area contributed by atoms with Crippen molar-refractivity contribution in [2.45, 2.75) is 51.1 Å². The van der Waals surface area contributed by atoms with E-state index >= 15 is 0 Å². The fraction of sp³-hybridized carbons (Fsp3) is 0.652. The van der Waals surface area contributed by atoms with Gasteiger partial charge < -0.3 is 15.1 Å². The second-order valence-corrected chi connectivity index (χ2v) is 8.87. The quantitative estimate of drug-likeness (QED) is 0.764. The van der Waals surface area contributed by atoms with Crippen molar-refractivity contribution in [3.05, 3.63) is 30.3 Å². The minimum atomic E-state index is 0.0344. The van der Waals surface area contributed by atoms with E-state index in [0.717, 1.165) is 51.5 Å². The molecule has 2 amide bonds. The Morgan fingerprint density at radius 1 is 0.966 bits per heavy atom. The monoisotopic (exact) mass is 398 g/mol. The van der Waals surface area contributed by atoms with Crippen LogP contribution < -0.4 is 10.2 Å². The average Bonchev–Trinajstić information content (AvgIpc) is 3.49. The summed E-state index contributed by atoms with van der Waals surface area (Å²) in [5.41, 5.74) is 1.24. The zero-order valence-electron chi connectivity index (χ0n) is 17.6. The highest BCUT2D eigenvalue weighted by Crippen LogP contribution is 2.35. The Morgan fingerprint density at radius 3 is 2.31 bits per heavy atom. The van der Waals surface area contributed by atoms with Crippen LogP contribution in [0.1, 0.15) is 39.0 Å². The Kier molecular flexibility index (Phi) is 6.38. The van der Waals surface area contributed by atoms with E-state index in [9.17, 15) is 9.59 Å². The predicted octanol–water partition coefficient (Wildman–Crippen LogP) is 2.10. The van der Waals surface area contributed by atoms with Crippen molar-refractivity contribution in [1.82, 2.24) is 15.1 Å². The van der Waals surface area contributed by atoms with Crippen molar-refractivity contribution in [2.24, 2.45) is 5.92 Å². The first-order valence-corrected chi connectivity index (χ1v) is 11.2. The zero-order valence-corrected chi connectivity index (χ0v) is 17.6. The molecule has 6 heteroatoms. The number of amides is 2. The van der Waals surface area contributed by atoms with Gasteiger partial charge in [-0.05, 0) is 43.7 Å². The number of anilines is 1. The summed E-state index contributed by atoms with van der Waals surface area (Å²) in [5.74, 6) is 1.12. The number of para-hydroxylation sites is 1. The van der Waals surface area contributed by atoms with Crippen molar-refractivity contribution in [2.75, 3.05) is 44.2 Å². The molecule has 4 rings (SSSR count). The predicted molar refractivity (Wildman–Crippen MR) is 115 cm³/mol. The summed E-state index contributed by atoms with van der Waals surface area (Å²) in [4.78, 5) is 31.3. The molecule has 2 heterocycles. The third-order valence-electron chi connectivity index (χ3n) is 6.69. The molecule has 29 heavy (non-hydrogen) atoms. The van der Waals surface area contributed by atoms with Crippen LogP contribution in [-0.4, -0.2) is 73.0 Å². The van der Waals surface area contributed by atoms with Gasteiger partial charge in [-0.15, -0.1) is 0 Å². The van der Waals surface area contributed by atoms with Gasteiger partial charge in [0.1, 0.15) is 0 Å². The molecule has 1 N–H and O–H groups in total. The van der Waals surface area contributed by atoms with Gasteiger partial charge in [-0.25, -0.2) is 0 Å². The molecule has 0 radical (unpaired) electrons. The molecule has 0 unspecified atom stereocenters. The first kappa shape index (κ1) is 20.2. The van der Waals surface area contributed by atoms with Crippen LogP contribution in [0.25, 0.3) is 0 Å². The number of hydrogen-bond acceptors (Lipinski definition) is 4. The van der Waals surface area contributed by atoms with Crippen LogP contribution >= 0.6 is 0 Å². The molecule has 158 valence electrons. The lowest BCUT2D eigenvalue weighted by molar-refractivity contribution is -0.132. The van der Waals surface area contributed by atoms with Crippen LogP contribution in [0.4, 0.5) is 5.69 Å². The van der Waals surface area contributed by atoms with Crippen LogP contribution in [0.15, 0.2) is 30.3 Å². The van der Waals surface area contributed by atoms with Gasteiger partial charge in [0.15, 0.2) is 0 Å². The van der Waals surface area contributed by atoms with Crippen molar-refractivity contribution >= 4 is 17.5 Å². The van der Waals surface area contributed by atoms with Gasteiger partial charge in [0.25, 0.3) is 0 Å². The van der Waals surface area contributed by atoms with Crippen molar-refractivity contribution in [3.8, 4) is 0 Å². The average molecular weight is 399 g/mol. The number of carbonyl (C=O) groups is 2. The molecular weight excluding hydrogens is 364 g/mol. The molecule has 1 aromatic rings. The molecule has 2 aliphatic heterocycles. The van der Waals surface area contributed by atoms with Crippen LogP contribution in [0.2, 0.25) is 0 Å². The summed E-state index contributed by atoms with van der Waals surface area (Å²) in [7, 11) is 0. The molecule has 3 aliphatic rings. The van der Waals surface area contributed by atoms with E-state index in [1.54, 1.807) is 6.92 Å². The first-order chi connectivity index (χ1) is 14.1. The number of piperazine rings is 1. The topological polar surface area (TPSA) is 55.9 Å². The van der Waals surface area contributed by atoms with Gasteiger partial charge in [-0.1, -0.05) is 18.2 Å². The van der Waals surface area contributed by atoms with Crippen molar-refractivity contribution in [3.63, 3.8) is 0 Å². The Morgan fingerprint density at radius 2 is 1.66 bits per heavy atom. The molecule has 2 saturated heterocycles. The summed E-state index contributed by atoms with van der Waals surface area (Å²) < 4.78 is 0. The molecule has 1 saturated carbocycles. The number of likely N-dealkylation sites (tertiary alicyclic amines) is 1. The lowest BCUT2D eigenvalue weighted by Crippen LogP contribution is -2.50. The zero-order chi connectivity index (χ0) is 20.2. The smallest absolute Gasteiger partial charge is 0.224 e. The Balaban J connectivity index is 1.29. The number of nitrogens with zero attached hydrogens (tertiary/aromatic N) is 3. The number of hydrogen-bond donors (Lipinski definition) is 1. The molecule has 0 bridgehead atoms. The maximum absolute atomic E-state index is 13.0. The summed E-state index contributed by atoms with van der Waals surface area (Å²) >= 11 is 0. The Hall–Kier alpha value is -2.08. The van der Waals surface area contributed by atoms with Gasteiger partial charge in [0.2, 0.25) is 11.8 Å². The van der Waals surface area contributed by atoms with E-state index in [0.29, 0.717) is 31.0 Å². The molecule has 1 aromatic carbocycles. The third-order valence-corrected chi connectivity index (χ3v) is 6.69. The van der Waals surface area contributed by atoms with E-state index in [1.165, 1.54) is 18.5 Å². The van der Waals surface area contributed by atoms with Crippen LogP contribution in [-0.2, 0) is 9.59 Å². The first-order valence-electron chi connectivity index (χ1n) is 11.2. The van der Waals surface area contributed by atoms with Gasteiger partial charge >= 0.3 is 0 Å². The minimum Gasteiger partial charge on any atom is -0.368 e. The molecule has 6 nitrogen and oxygen atoms in total. The maximum atomic E-state index is 13.0. The highest BCUT2D eigenvalue weighted by atomic mass is 16.2. The second kappa shape index (κ2) is 9.16. The van der Waals surface area contributed by atoms with Crippen LogP contribution in [0, 0.1) is 5.92 Å². The van der Waals surface area contributed by atoms with Crippen LogP contribution in [0.5, 0.6) is 0 Å². The van der Waals surface area contributed by atoms with E-state index in [4.69, 9.17) is 0 Å². The summed E-state index contributed by atoms with van der Waals surface area (Å²) in [6.45, 7) is 6.79. The largest absolute Gasteiger partial charge is 0.368 e. The SMILES string of the molecule is CC(=O)NC[C@@H]1CC[C@H](CC(=O)N2CCN(c3ccccc3)CC2)N1CC1CC1. The molecule has 0 spiro atoms. The van der Waals surface area contributed by atoms with Gasteiger partial charge in [0, 0.05) is 70.4 Å². The Labute approximate surface area is 174 Å². The molecule has 2 atom stereocenters. The molecule has 1 aliphatic carbocycles. The van der Waals surface area contributed by atoms with E-state index < -0.39 is 0 Å². The van der Waals surface area contributed by atoms with E-state index in [-0.39, 0.29) is 5.91 Å². The standard InChI is InChI=1S/C23H34N4O2/c1-18(28)24-16-22-10-9-21(27(22)17-19-7-8-19)15-23(29)26-13-11-25(12-14-26)20-5-3-2-4-6-20/h2-6,19,21-22H,7-17H2,1H3,(H,24,28)/t21-,22+/m1/s1. The summed E-state index contributed by atoms with van der Waals surface area (Å²) in [5, 5.41) is 2.99. The fourth-order valence-electron chi connectivity index (χ4n) is 4.79. The lowest BCUT2D eigenvalue weighted by atomic mass is 10.1. The normalized spacial score (nSPS) is 25.3. The maximum Gasteiger partial charge on any atom is 0.224 e. The molecular formula is C23H34N4O2.